The molecule has 0 atom stereocenters. The Kier molecular flexibility index (Phi) is 5.88. The zero-order valence-electron chi connectivity index (χ0n) is 17.8. The van der Waals surface area contributed by atoms with Gasteiger partial charge < -0.3 is 10.1 Å². The zero-order valence-corrected chi connectivity index (χ0v) is 18.6. The molecule has 2 aromatic heterocycles. The lowest BCUT2D eigenvalue weighted by atomic mass is 10.2. The molecule has 0 bridgehead atoms. The SMILES string of the molecule is CCOCCCNc1nc2c(S(=O)(=O)c3cc(C)ccc3C)nnn2c2ccccc12. The Balaban J connectivity index is 1.84. The molecule has 1 N–H and O–H groups in total. The highest BCUT2D eigenvalue weighted by atomic mass is 32.2. The van der Waals surface area contributed by atoms with Gasteiger partial charge in [-0.25, -0.2) is 13.4 Å². The minimum Gasteiger partial charge on any atom is -0.382 e. The first-order chi connectivity index (χ1) is 14.9. The Morgan fingerprint density at radius 1 is 1.13 bits per heavy atom. The van der Waals surface area contributed by atoms with Crippen LogP contribution in [0.3, 0.4) is 0 Å². The van der Waals surface area contributed by atoms with Gasteiger partial charge in [0.15, 0.2) is 5.65 Å². The number of anilines is 1. The lowest BCUT2D eigenvalue weighted by Gasteiger charge is -2.11. The van der Waals surface area contributed by atoms with Crippen molar-refractivity contribution in [1.29, 1.82) is 0 Å². The molecule has 2 aromatic carbocycles. The monoisotopic (exact) mass is 439 g/mol. The van der Waals surface area contributed by atoms with Crippen LogP contribution in [0.5, 0.6) is 0 Å². The van der Waals surface area contributed by atoms with E-state index in [4.69, 9.17) is 4.74 Å². The fourth-order valence-electron chi connectivity index (χ4n) is 3.48. The van der Waals surface area contributed by atoms with Crippen LogP contribution in [0.2, 0.25) is 0 Å². The van der Waals surface area contributed by atoms with E-state index >= 15 is 0 Å². The van der Waals surface area contributed by atoms with Gasteiger partial charge in [0, 0.05) is 25.1 Å². The number of sulfone groups is 1. The Hall–Kier alpha value is -3.04. The van der Waals surface area contributed by atoms with Gasteiger partial charge in [0.1, 0.15) is 5.82 Å². The highest BCUT2D eigenvalue weighted by Crippen LogP contribution is 2.29. The van der Waals surface area contributed by atoms with Crippen molar-refractivity contribution >= 4 is 32.2 Å². The molecule has 0 fully saturated rings. The Bertz CT molecular complexity index is 1350. The van der Waals surface area contributed by atoms with E-state index in [9.17, 15) is 8.42 Å². The summed E-state index contributed by atoms with van der Waals surface area (Å²) in [4.78, 5) is 4.85. The van der Waals surface area contributed by atoms with Gasteiger partial charge in [-0.05, 0) is 56.5 Å². The van der Waals surface area contributed by atoms with Crippen LogP contribution >= 0.6 is 0 Å². The second-order valence-electron chi connectivity index (χ2n) is 7.36. The number of nitrogens with one attached hydrogen (secondary N) is 1. The molecule has 0 aliphatic heterocycles. The average Bonchev–Trinajstić information content (AvgIpc) is 3.20. The molecule has 0 amide bonds. The summed E-state index contributed by atoms with van der Waals surface area (Å²) < 4.78 is 33.8. The van der Waals surface area contributed by atoms with Crippen molar-refractivity contribution in [3.63, 3.8) is 0 Å². The second kappa shape index (κ2) is 8.60. The smallest absolute Gasteiger partial charge is 0.229 e. The van der Waals surface area contributed by atoms with Crippen molar-refractivity contribution in [1.82, 2.24) is 19.8 Å². The minimum atomic E-state index is -3.90. The van der Waals surface area contributed by atoms with Crippen molar-refractivity contribution in [2.24, 2.45) is 0 Å². The van der Waals surface area contributed by atoms with Crippen LogP contribution in [0.25, 0.3) is 16.6 Å². The van der Waals surface area contributed by atoms with Crippen molar-refractivity contribution < 1.29 is 13.2 Å². The van der Waals surface area contributed by atoms with Gasteiger partial charge in [0.05, 0.1) is 10.4 Å². The van der Waals surface area contributed by atoms with E-state index in [0.29, 0.717) is 31.1 Å². The van der Waals surface area contributed by atoms with E-state index in [2.05, 4.69) is 20.6 Å². The summed E-state index contributed by atoms with van der Waals surface area (Å²) in [6.07, 6.45) is 0.806. The maximum absolute atomic E-state index is 13.5. The van der Waals surface area contributed by atoms with Crippen LogP contribution in [0.15, 0.2) is 52.4 Å². The van der Waals surface area contributed by atoms with Crippen molar-refractivity contribution in [3.8, 4) is 0 Å². The molecule has 4 rings (SSSR count). The van der Waals surface area contributed by atoms with Crippen LogP contribution in [-0.4, -0.2) is 48.0 Å². The summed E-state index contributed by atoms with van der Waals surface area (Å²) >= 11 is 0. The lowest BCUT2D eigenvalue weighted by molar-refractivity contribution is 0.147. The molecular formula is C22H25N5O3S. The van der Waals surface area contributed by atoms with Crippen LogP contribution in [0.1, 0.15) is 24.5 Å². The maximum atomic E-state index is 13.5. The average molecular weight is 440 g/mol. The fourth-order valence-corrected chi connectivity index (χ4v) is 5.04. The highest BCUT2D eigenvalue weighted by Gasteiger charge is 2.28. The van der Waals surface area contributed by atoms with E-state index in [1.54, 1.807) is 19.1 Å². The Labute approximate surface area is 181 Å². The molecule has 0 saturated carbocycles. The van der Waals surface area contributed by atoms with Crippen LogP contribution in [0, 0.1) is 13.8 Å². The predicted molar refractivity (Wildman–Crippen MR) is 119 cm³/mol. The first-order valence-electron chi connectivity index (χ1n) is 10.2. The fraction of sp³-hybridized carbons (Fsp3) is 0.318. The van der Waals surface area contributed by atoms with Crippen molar-refractivity contribution in [2.75, 3.05) is 25.1 Å². The quantitative estimate of drug-likeness (QED) is 0.419. The second-order valence-corrected chi connectivity index (χ2v) is 9.19. The zero-order chi connectivity index (χ0) is 22.0. The largest absolute Gasteiger partial charge is 0.382 e. The number of rotatable bonds is 8. The molecule has 8 nitrogen and oxygen atoms in total. The normalized spacial score (nSPS) is 12.0. The van der Waals surface area contributed by atoms with E-state index in [1.807, 2.05) is 44.2 Å². The van der Waals surface area contributed by atoms with Crippen LogP contribution in [-0.2, 0) is 14.6 Å². The number of para-hydroxylation sites is 1. The molecule has 0 unspecified atom stereocenters. The van der Waals surface area contributed by atoms with Crippen LogP contribution < -0.4 is 5.32 Å². The molecule has 0 radical (unpaired) electrons. The van der Waals surface area contributed by atoms with Gasteiger partial charge in [-0.3, -0.25) is 0 Å². The molecule has 9 heteroatoms. The lowest BCUT2D eigenvalue weighted by Crippen LogP contribution is -2.10. The van der Waals surface area contributed by atoms with Crippen LogP contribution in [0.4, 0.5) is 5.82 Å². The van der Waals surface area contributed by atoms with Gasteiger partial charge in [0.2, 0.25) is 14.9 Å². The van der Waals surface area contributed by atoms with Crippen molar-refractivity contribution in [2.45, 2.75) is 37.1 Å². The number of hydrogen-bond acceptors (Lipinski definition) is 7. The van der Waals surface area contributed by atoms with Gasteiger partial charge in [-0.1, -0.05) is 29.5 Å². The molecule has 4 aromatic rings. The third-order valence-corrected chi connectivity index (χ3v) is 6.86. The molecule has 0 saturated heterocycles. The third kappa shape index (κ3) is 3.98. The van der Waals surface area contributed by atoms with Gasteiger partial charge in [0.25, 0.3) is 0 Å². The minimum absolute atomic E-state index is 0.149. The summed E-state index contributed by atoms with van der Waals surface area (Å²) in [7, 11) is -3.90. The number of aromatic nitrogens is 4. The molecule has 0 spiro atoms. The summed E-state index contributed by atoms with van der Waals surface area (Å²) in [5.74, 6) is 0.597. The van der Waals surface area contributed by atoms with E-state index in [1.165, 1.54) is 4.52 Å². The summed E-state index contributed by atoms with van der Waals surface area (Å²) in [5.41, 5.74) is 2.44. The van der Waals surface area contributed by atoms with Gasteiger partial charge in [-0.2, -0.15) is 4.52 Å². The number of nitrogens with zero attached hydrogens (tertiary/aromatic N) is 4. The highest BCUT2D eigenvalue weighted by molar-refractivity contribution is 7.91. The molecule has 162 valence electrons. The predicted octanol–water partition coefficient (Wildman–Crippen LogP) is 3.57. The Morgan fingerprint density at radius 2 is 1.94 bits per heavy atom. The summed E-state index contributed by atoms with van der Waals surface area (Å²) in [5, 5.41) is 12.2. The Morgan fingerprint density at radius 3 is 2.74 bits per heavy atom. The molecule has 0 aliphatic carbocycles. The molecule has 0 aliphatic rings. The third-order valence-electron chi connectivity index (χ3n) is 5.07. The van der Waals surface area contributed by atoms with Gasteiger partial charge >= 0.3 is 0 Å². The molecular weight excluding hydrogens is 414 g/mol. The van der Waals surface area contributed by atoms with Crippen molar-refractivity contribution in [3.05, 3.63) is 53.6 Å². The maximum Gasteiger partial charge on any atom is 0.229 e. The van der Waals surface area contributed by atoms with E-state index in [0.717, 1.165) is 22.9 Å². The number of hydrogen-bond donors (Lipinski definition) is 1. The number of aryl methyl sites for hydroxylation is 2. The standard InChI is InChI=1S/C22H25N5O3S/c1-4-30-13-7-12-23-20-17-8-5-6-9-18(17)27-21(24-20)22(25-26-27)31(28,29)19-14-15(2)10-11-16(19)3/h5-6,8-11,14H,4,7,12-13H2,1-3H3,(H,23,24). The topological polar surface area (TPSA) is 98.5 Å². The first kappa shape index (κ1) is 21.2. The summed E-state index contributed by atoms with van der Waals surface area (Å²) in [6.45, 7) is 7.55. The van der Waals surface area contributed by atoms with E-state index in [-0.39, 0.29) is 15.6 Å². The number of benzene rings is 2. The number of fused-ring (bicyclic) bond motifs is 3. The van der Waals surface area contributed by atoms with E-state index < -0.39 is 9.84 Å². The molecule has 2 heterocycles. The molecule has 31 heavy (non-hydrogen) atoms. The van der Waals surface area contributed by atoms with Gasteiger partial charge in [-0.15, -0.1) is 5.10 Å². The summed E-state index contributed by atoms with van der Waals surface area (Å²) in [6, 6.07) is 12.9. The first-order valence-corrected chi connectivity index (χ1v) is 11.7. The number of ether oxygens (including phenoxy) is 1.